The summed E-state index contributed by atoms with van der Waals surface area (Å²) in [7, 11) is 0. The molecule has 1 aromatic carbocycles. The van der Waals surface area contributed by atoms with E-state index in [1.807, 2.05) is 16.8 Å². The number of hydrogen-bond donors (Lipinski definition) is 1. The summed E-state index contributed by atoms with van der Waals surface area (Å²) < 4.78 is 13.0. The average Bonchev–Trinajstić information content (AvgIpc) is 2.72. The number of fused-ring (bicyclic) bond motifs is 1. The van der Waals surface area contributed by atoms with Gasteiger partial charge in [-0.3, -0.25) is 4.68 Å². The zero-order valence-corrected chi connectivity index (χ0v) is 12.8. The Bertz CT molecular complexity index is 677. The van der Waals surface area contributed by atoms with Gasteiger partial charge in [-0.2, -0.15) is 5.10 Å². The summed E-state index contributed by atoms with van der Waals surface area (Å²) in [5, 5.41) is 4.64. The van der Waals surface area contributed by atoms with Crippen LogP contribution in [0.4, 0.5) is 5.69 Å². The molecule has 0 unspecified atom stereocenters. The van der Waals surface area contributed by atoms with Crippen LogP contribution in [-0.2, 0) is 24.3 Å². The number of hydrogen-bond acceptors (Lipinski definition) is 4. The molecule has 2 N–H and O–H groups in total. The van der Waals surface area contributed by atoms with Crippen molar-refractivity contribution in [1.29, 1.82) is 0 Å². The SMILES string of the molecule is CCc1c(C)nn(Cc2cc(N)cc3c2OCOC3)c1C. The molecule has 0 saturated heterocycles. The van der Waals surface area contributed by atoms with Gasteiger partial charge in [-0.1, -0.05) is 6.92 Å². The fourth-order valence-electron chi connectivity index (χ4n) is 3.00. The van der Waals surface area contributed by atoms with Gasteiger partial charge >= 0.3 is 0 Å². The molecular formula is C16H21N3O2. The molecule has 5 heteroatoms. The third-order valence-electron chi connectivity index (χ3n) is 4.01. The minimum absolute atomic E-state index is 0.293. The van der Waals surface area contributed by atoms with E-state index in [9.17, 15) is 0 Å². The molecule has 0 fully saturated rings. The Morgan fingerprint density at radius 2 is 2.14 bits per heavy atom. The molecule has 0 spiro atoms. The number of nitrogens with zero attached hydrogens (tertiary/aromatic N) is 2. The Morgan fingerprint density at radius 1 is 1.33 bits per heavy atom. The number of benzene rings is 1. The molecule has 2 aromatic rings. The van der Waals surface area contributed by atoms with Crippen molar-refractivity contribution in [3.63, 3.8) is 0 Å². The normalized spacial score (nSPS) is 13.9. The molecule has 0 saturated carbocycles. The van der Waals surface area contributed by atoms with E-state index in [0.717, 1.165) is 34.7 Å². The molecule has 3 rings (SSSR count). The second-order valence-electron chi connectivity index (χ2n) is 5.44. The second-order valence-corrected chi connectivity index (χ2v) is 5.44. The zero-order valence-electron chi connectivity index (χ0n) is 12.8. The minimum atomic E-state index is 0.293. The highest BCUT2D eigenvalue weighted by atomic mass is 16.7. The molecule has 5 nitrogen and oxygen atoms in total. The maximum atomic E-state index is 5.99. The van der Waals surface area contributed by atoms with Gasteiger partial charge in [-0.25, -0.2) is 0 Å². The van der Waals surface area contributed by atoms with Gasteiger partial charge in [0.25, 0.3) is 0 Å². The molecule has 1 aromatic heterocycles. The van der Waals surface area contributed by atoms with E-state index >= 15 is 0 Å². The van der Waals surface area contributed by atoms with Crippen molar-refractivity contribution in [1.82, 2.24) is 9.78 Å². The molecule has 0 aliphatic carbocycles. The van der Waals surface area contributed by atoms with Crippen LogP contribution in [0.25, 0.3) is 0 Å². The largest absolute Gasteiger partial charge is 0.467 e. The predicted octanol–water partition coefficient (Wildman–Crippen LogP) is 2.56. The number of aromatic nitrogens is 2. The molecule has 1 aliphatic rings. The Morgan fingerprint density at radius 3 is 2.86 bits per heavy atom. The zero-order chi connectivity index (χ0) is 15.0. The summed E-state index contributed by atoms with van der Waals surface area (Å²) in [5.74, 6) is 0.890. The summed E-state index contributed by atoms with van der Waals surface area (Å²) in [6.07, 6.45) is 0.997. The maximum Gasteiger partial charge on any atom is 0.189 e. The highest BCUT2D eigenvalue weighted by Crippen LogP contribution is 2.31. The molecule has 21 heavy (non-hydrogen) atoms. The van der Waals surface area contributed by atoms with E-state index in [2.05, 4.69) is 25.9 Å². The topological polar surface area (TPSA) is 62.3 Å². The third kappa shape index (κ3) is 2.49. The molecule has 2 heterocycles. The predicted molar refractivity (Wildman–Crippen MR) is 81.3 cm³/mol. The Hall–Kier alpha value is -2.01. The van der Waals surface area contributed by atoms with Crippen molar-refractivity contribution in [3.8, 4) is 5.75 Å². The number of aryl methyl sites for hydroxylation is 1. The summed E-state index contributed by atoms with van der Waals surface area (Å²) in [5.41, 5.74) is 12.4. The molecule has 112 valence electrons. The van der Waals surface area contributed by atoms with E-state index in [1.165, 1.54) is 11.3 Å². The van der Waals surface area contributed by atoms with Crippen molar-refractivity contribution in [2.24, 2.45) is 0 Å². The van der Waals surface area contributed by atoms with Crippen LogP contribution in [0.1, 0.15) is 35.0 Å². The number of anilines is 1. The third-order valence-corrected chi connectivity index (χ3v) is 4.01. The summed E-state index contributed by atoms with van der Waals surface area (Å²) in [6.45, 7) is 7.83. The Kier molecular flexibility index (Phi) is 3.59. The first kappa shape index (κ1) is 13.9. The monoisotopic (exact) mass is 287 g/mol. The van der Waals surface area contributed by atoms with Crippen LogP contribution < -0.4 is 10.5 Å². The van der Waals surface area contributed by atoms with E-state index < -0.39 is 0 Å². The minimum Gasteiger partial charge on any atom is -0.467 e. The number of ether oxygens (including phenoxy) is 2. The number of rotatable bonds is 3. The summed E-state index contributed by atoms with van der Waals surface area (Å²) in [4.78, 5) is 0. The molecule has 1 aliphatic heterocycles. The van der Waals surface area contributed by atoms with Gasteiger partial charge in [-0.05, 0) is 38.0 Å². The standard InChI is InChI=1S/C16H21N3O2/c1-4-15-10(2)18-19(11(15)3)7-12-5-14(17)6-13-8-20-9-21-16(12)13/h5-6H,4,7-9,17H2,1-3H3. The van der Waals surface area contributed by atoms with Crippen LogP contribution in [0.3, 0.4) is 0 Å². The van der Waals surface area contributed by atoms with Gasteiger partial charge < -0.3 is 15.2 Å². The van der Waals surface area contributed by atoms with Crippen LogP contribution >= 0.6 is 0 Å². The lowest BCUT2D eigenvalue weighted by Gasteiger charge is -2.21. The van der Waals surface area contributed by atoms with E-state index in [4.69, 9.17) is 15.2 Å². The lowest BCUT2D eigenvalue weighted by atomic mass is 10.1. The van der Waals surface area contributed by atoms with Gasteiger partial charge in [-0.15, -0.1) is 0 Å². The van der Waals surface area contributed by atoms with Crippen LogP contribution in [0.15, 0.2) is 12.1 Å². The first-order valence-corrected chi connectivity index (χ1v) is 7.24. The molecule has 0 bridgehead atoms. The molecule has 0 amide bonds. The number of nitrogens with two attached hydrogens (primary N) is 1. The molecule has 0 radical (unpaired) electrons. The Balaban J connectivity index is 2.00. The van der Waals surface area contributed by atoms with E-state index in [-0.39, 0.29) is 0 Å². The average molecular weight is 287 g/mol. The first-order valence-electron chi connectivity index (χ1n) is 7.24. The van der Waals surface area contributed by atoms with Gasteiger partial charge in [0, 0.05) is 22.5 Å². The number of nitrogen functional groups attached to an aromatic ring is 1. The van der Waals surface area contributed by atoms with Crippen molar-refractivity contribution >= 4 is 5.69 Å². The second kappa shape index (κ2) is 5.41. The van der Waals surface area contributed by atoms with Crippen LogP contribution in [0.5, 0.6) is 5.75 Å². The highest BCUT2D eigenvalue weighted by molar-refractivity contribution is 5.53. The highest BCUT2D eigenvalue weighted by Gasteiger charge is 2.18. The van der Waals surface area contributed by atoms with Gasteiger partial charge in [0.05, 0.1) is 18.8 Å². The summed E-state index contributed by atoms with van der Waals surface area (Å²) >= 11 is 0. The van der Waals surface area contributed by atoms with Gasteiger partial charge in [0.15, 0.2) is 6.79 Å². The fraction of sp³-hybridized carbons (Fsp3) is 0.438. The molecular weight excluding hydrogens is 266 g/mol. The lowest BCUT2D eigenvalue weighted by molar-refractivity contribution is -0.0170. The van der Waals surface area contributed by atoms with Crippen LogP contribution in [-0.4, -0.2) is 16.6 Å². The summed E-state index contributed by atoms with van der Waals surface area (Å²) in [6, 6.07) is 3.88. The van der Waals surface area contributed by atoms with E-state index in [0.29, 0.717) is 19.9 Å². The van der Waals surface area contributed by atoms with Gasteiger partial charge in [0.1, 0.15) is 5.75 Å². The van der Waals surface area contributed by atoms with E-state index in [1.54, 1.807) is 0 Å². The van der Waals surface area contributed by atoms with Gasteiger partial charge in [0.2, 0.25) is 0 Å². The first-order chi connectivity index (χ1) is 10.1. The van der Waals surface area contributed by atoms with Crippen molar-refractivity contribution in [2.75, 3.05) is 12.5 Å². The molecule has 0 atom stereocenters. The van der Waals surface area contributed by atoms with Crippen molar-refractivity contribution < 1.29 is 9.47 Å². The smallest absolute Gasteiger partial charge is 0.189 e. The van der Waals surface area contributed by atoms with Crippen molar-refractivity contribution in [3.05, 3.63) is 40.2 Å². The maximum absolute atomic E-state index is 5.99. The quantitative estimate of drug-likeness (QED) is 0.881. The fourth-order valence-corrected chi connectivity index (χ4v) is 3.00. The lowest BCUT2D eigenvalue weighted by Crippen LogP contribution is -2.15. The van der Waals surface area contributed by atoms with Crippen LogP contribution in [0.2, 0.25) is 0 Å². The Labute approximate surface area is 124 Å². The van der Waals surface area contributed by atoms with Crippen LogP contribution in [0, 0.1) is 13.8 Å². The van der Waals surface area contributed by atoms with Crippen molar-refractivity contribution in [2.45, 2.75) is 40.3 Å².